The smallest absolute Gasteiger partial charge is 0.242 e. The molecule has 0 radical (unpaired) electrons. The van der Waals surface area contributed by atoms with Crippen LogP contribution < -0.4 is 4.90 Å². The van der Waals surface area contributed by atoms with E-state index in [1.165, 1.54) is 4.31 Å². The number of benzene rings is 2. The van der Waals surface area contributed by atoms with Gasteiger partial charge in [0.2, 0.25) is 15.9 Å². The Balaban J connectivity index is 1.64. The number of piperazine rings is 1. The van der Waals surface area contributed by atoms with E-state index in [-0.39, 0.29) is 23.7 Å². The Hall–Kier alpha value is -2.18. The second-order valence-corrected chi connectivity index (χ2v) is 9.64. The molecule has 1 saturated carbocycles. The van der Waals surface area contributed by atoms with E-state index in [1.807, 2.05) is 61.5 Å². The number of carbonyl (C=O) groups excluding carboxylic acids is 1. The van der Waals surface area contributed by atoms with Crippen LogP contribution in [0.2, 0.25) is 0 Å². The Kier molecular flexibility index (Phi) is 4.78. The van der Waals surface area contributed by atoms with Crippen molar-refractivity contribution in [3.8, 4) is 0 Å². The van der Waals surface area contributed by atoms with Crippen LogP contribution in [-0.2, 0) is 21.2 Å². The number of amides is 1. The monoisotopic (exact) mass is 384 g/mol. The predicted octanol–water partition coefficient (Wildman–Crippen LogP) is 2.75. The third kappa shape index (κ3) is 3.77. The van der Waals surface area contributed by atoms with Crippen molar-refractivity contribution < 1.29 is 13.2 Å². The van der Waals surface area contributed by atoms with Gasteiger partial charge in [-0.1, -0.05) is 48.0 Å². The van der Waals surface area contributed by atoms with Gasteiger partial charge in [-0.25, -0.2) is 8.42 Å². The highest BCUT2D eigenvalue weighted by atomic mass is 32.2. The SMILES string of the molecule is Cc1ccc(N2C[C@@H](Cc3ccccc3)N(S(=O)(=O)C3CC3)CC2=O)cc1. The van der Waals surface area contributed by atoms with Crippen molar-refractivity contribution in [1.29, 1.82) is 0 Å². The molecule has 2 aromatic rings. The van der Waals surface area contributed by atoms with Crippen molar-refractivity contribution in [3.05, 3.63) is 65.7 Å². The van der Waals surface area contributed by atoms with Crippen molar-refractivity contribution in [1.82, 2.24) is 4.31 Å². The van der Waals surface area contributed by atoms with E-state index < -0.39 is 10.0 Å². The molecular formula is C21H24N2O3S. The third-order valence-corrected chi connectivity index (χ3v) is 7.72. The average molecular weight is 385 g/mol. The van der Waals surface area contributed by atoms with Gasteiger partial charge in [0.05, 0.1) is 11.8 Å². The molecular weight excluding hydrogens is 360 g/mol. The zero-order valence-corrected chi connectivity index (χ0v) is 16.2. The minimum Gasteiger partial charge on any atom is -0.310 e. The summed E-state index contributed by atoms with van der Waals surface area (Å²) in [4.78, 5) is 14.5. The average Bonchev–Trinajstić information content (AvgIpc) is 3.50. The Morgan fingerprint density at radius 2 is 1.67 bits per heavy atom. The lowest BCUT2D eigenvalue weighted by atomic mass is 10.0. The van der Waals surface area contributed by atoms with Crippen LogP contribution in [0.5, 0.6) is 0 Å². The van der Waals surface area contributed by atoms with E-state index in [4.69, 9.17) is 0 Å². The second kappa shape index (κ2) is 7.09. The molecule has 1 aliphatic heterocycles. The van der Waals surface area contributed by atoms with Crippen molar-refractivity contribution in [2.24, 2.45) is 0 Å². The van der Waals surface area contributed by atoms with Crippen LogP contribution in [0.3, 0.4) is 0 Å². The molecule has 1 aliphatic carbocycles. The largest absolute Gasteiger partial charge is 0.310 e. The molecule has 0 aromatic heterocycles. The summed E-state index contributed by atoms with van der Waals surface area (Å²) >= 11 is 0. The van der Waals surface area contributed by atoms with Crippen LogP contribution in [-0.4, -0.2) is 43.0 Å². The summed E-state index contributed by atoms with van der Waals surface area (Å²) in [6, 6.07) is 17.4. The molecule has 4 rings (SSSR count). The Morgan fingerprint density at radius 1 is 1.00 bits per heavy atom. The van der Waals surface area contributed by atoms with Gasteiger partial charge in [0.25, 0.3) is 0 Å². The first-order chi connectivity index (χ1) is 12.9. The first-order valence-corrected chi connectivity index (χ1v) is 10.9. The molecule has 0 bridgehead atoms. The van der Waals surface area contributed by atoms with Gasteiger partial charge in [-0.3, -0.25) is 4.79 Å². The lowest BCUT2D eigenvalue weighted by Gasteiger charge is -2.40. The van der Waals surface area contributed by atoms with E-state index in [0.717, 1.165) is 16.8 Å². The topological polar surface area (TPSA) is 57.7 Å². The van der Waals surface area contributed by atoms with Crippen LogP contribution in [0.15, 0.2) is 54.6 Å². The number of rotatable bonds is 5. The molecule has 5 nitrogen and oxygen atoms in total. The van der Waals surface area contributed by atoms with Gasteiger partial charge in [-0.2, -0.15) is 4.31 Å². The lowest BCUT2D eigenvalue weighted by Crippen LogP contribution is -2.59. The predicted molar refractivity (Wildman–Crippen MR) is 106 cm³/mol. The van der Waals surface area contributed by atoms with Gasteiger partial charge in [0.1, 0.15) is 0 Å². The molecule has 0 unspecified atom stereocenters. The van der Waals surface area contributed by atoms with Gasteiger partial charge < -0.3 is 4.90 Å². The van der Waals surface area contributed by atoms with E-state index in [9.17, 15) is 13.2 Å². The number of hydrogen-bond donors (Lipinski definition) is 0. The molecule has 2 aromatic carbocycles. The van der Waals surface area contributed by atoms with E-state index >= 15 is 0 Å². The number of carbonyl (C=O) groups is 1. The number of anilines is 1. The highest BCUT2D eigenvalue weighted by molar-refractivity contribution is 7.90. The molecule has 0 N–H and O–H groups in total. The van der Waals surface area contributed by atoms with Crippen LogP contribution >= 0.6 is 0 Å². The molecule has 142 valence electrons. The van der Waals surface area contributed by atoms with E-state index in [1.54, 1.807) is 4.90 Å². The van der Waals surface area contributed by atoms with Crippen molar-refractivity contribution in [2.75, 3.05) is 18.0 Å². The fraction of sp³-hybridized carbons (Fsp3) is 0.381. The minimum absolute atomic E-state index is 0.0792. The van der Waals surface area contributed by atoms with E-state index in [2.05, 4.69) is 0 Å². The Morgan fingerprint density at radius 3 is 2.30 bits per heavy atom. The van der Waals surface area contributed by atoms with Crippen LogP contribution in [0, 0.1) is 6.92 Å². The molecule has 1 atom stereocenters. The number of aryl methyl sites for hydroxylation is 1. The van der Waals surface area contributed by atoms with Gasteiger partial charge >= 0.3 is 0 Å². The maximum Gasteiger partial charge on any atom is 0.242 e. The standard InChI is InChI=1S/C21H24N2O3S/c1-16-7-9-18(10-8-16)22-14-19(13-17-5-3-2-4-6-17)23(15-21(22)24)27(25,26)20-11-12-20/h2-10,19-20H,11-15H2,1H3/t19-/m1/s1. The Bertz CT molecular complexity index is 922. The fourth-order valence-corrected chi connectivity index (χ4v) is 5.60. The summed E-state index contributed by atoms with van der Waals surface area (Å²) in [5, 5.41) is -0.311. The molecule has 1 saturated heterocycles. The molecule has 6 heteroatoms. The summed E-state index contributed by atoms with van der Waals surface area (Å²) in [6.45, 7) is 2.30. The van der Waals surface area contributed by atoms with E-state index in [0.29, 0.717) is 25.8 Å². The summed E-state index contributed by atoms with van der Waals surface area (Å²) < 4.78 is 27.3. The molecule has 1 amide bonds. The van der Waals surface area contributed by atoms with Gasteiger partial charge in [0, 0.05) is 18.3 Å². The number of nitrogens with zero attached hydrogens (tertiary/aromatic N) is 2. The minimum atomic E-state index is -3.42. The maximum atomic E-state index is 12.9. The zero-order valence-electron chi connectivity index (χ0n) is 15.4. The molecule has 2 aliphatic rings. The van der Waals surface area contributed by atoms with Gasteiger partial charge in [-0.15, -0.1) is 0 Å². The van der Waals surface area contributed by atoms with Crippen molar-refractivity contribution >= 4 is 21.6 Å². The molecule has 0 spiro atoms. The zero-order chi connectivity index (χ0) is 19.0. The first kappa shape index (κ1) is 18.2. The molecule has 1 heterocycles. The second-order valence-electron chi connectivity index (χ2n) is 7.47. The van der Waals surface area contributed by atoms with Crippen molar-refractivity contribution in [3.63, 3.8) is 0 Å². The summed E-state index contributed by atoms with van der Waals surface area (Å²) in [6.07, 6.45) is 2.00. The number of hydrogen-bond acceptors (Lipinski definition) is 3. The van der Waals surface area contributed by atoms with Crippen LogP contribution in [0.4, 0.5) is 5.69 Å². The first-order valence-electron chi connectivity index (χ1n) is 9.37. The summed E-state index contributed by atoms with van der Waals surface area (Å²) in [5.74, 6) is -0.160. The Labute approximate surface area is 160 Å². The quantitative estimate of drug-likeness (QED) is 0.796. The van der Waals surface area contributed by atoms with Crippen LogP contribution in [0.25, 0.3) is 0 Å². The van der Waals surface area contributed by atoms with Crippen molar-refractivity contribution in [2.45, 2.75) is 37.5 Å². The highest BCUT2D eigenvalue weighted by Crippen LogP contribution is 2.34. The fourth-order valence-electron chi connectivity index (χ4n) is 3.63. The highest BCUT2D eigenvalue weighted by Gasteiger charge is 2.46. The summed E-state index contributed by atoms with van der Waals surface area (Å²) in [5.41, 5.74) is 3.03. The molecule has 2 fully saturated rings. The van der Waals surface area contributed by atoms with Crippen LogP contribution in [0.1, 0.15) is 24.0 Å². The lowest BCUT2D eigenvalue weighted by molar-refractivity contribution is -0.120. The maximum absolute atomic E-state index is 12.9. The normalized spacial score (nSPS) is 21.4. The van der Waals surface area contributed by atoms with Gasteiger partial charge in [0.15, 0.2) is 0 Å². The van der Waals surface area contributed by atoms with Gasteiger partial charge in [-0.05, 0) is 43.9 Å². The molecule has 27 heavy (non-hydrogen) atoms. The summed E-state index contributed by atoms with van der Waals surface area (Å²) in [7, 11) is -3.42. The number of sulfonamides is 1. The third-order valence-electron chi connectivity index (χ3n) is 5.33.